The number of anilines is 2. The number of fused-ring (bicyclic) bond motifs is 1. The molecule has 1 saturated heterocycles. The van der Waals surface area contributed by atoms with Gasteiger partial charge in [0.15, 0.2) is 0 Å². The Morgan fingerprint density at radius 1 is 1.04 bits per heavy atom. The number of piperidine rings is 1. The first-order chi connectivity index (χ1) is 26.1. The third kappa shape index (κ3) is 12.5. The van der Waals surface area contributed by atoms with Gasteiger partial charge in [-0.3, -0.25) is 19.1 Å². The van der Waals surface area contributed by atoms with Gasteiger partial charge in [0.25, 0.3) is 5.56 Å². The third-order valence-electron chi connectivity index (χ3n) is 9.09. The van der Waals surface area contributed by atoms with E-state index in [2.05, 4.69) is 37.6 Å². The average Bonchev–Trinajstić information content (AvgIpc) is 3.19. The van der Waals surface area contributed by atoms with Gasteiger partial charge in [-0.1, -0.05) is 54.1 Å². The van der Waals surface area contributed by atoms with Crippen LogP contribution < -0.4 is 16.2 Å². The number of aldehydes is 2. The van der Waals surface area contributed by atoms with Crippen molar-refractivity contribution >= 4 is 52.8 Å². The Bertz CT molecular complexity index is 2020. The zero-order valence-electron chi connectivity index (χ0n) is 30.6. The number of hydrogen-bond donors (Lipinski definition) is 4. The molecule has 1 aliphatic heterocycles. The van der Waals surface area contributed by atoms with Crippen LogP contribution in [0.3, 0.4) is 0 Å². The molecule has 0 spiro atoms. The van der Waals surface area contributed by atoms with Crippen LogP contribution in [0.4, 0.5) is 15.9 Å². The number of benzene rings is 3. The van der Waals surface area contributed by atoms with Gasteiger partial charge in [0.2, 0.25) is 0 Å². The Kier molecular flexibility index (Phi) is 16.1. The maximum absolute atomic E-state index is 13.0. The molecule has 284 valence electrons. The second kappa shape index (κ2) is 20.9. The van der Waals surface area contributed by atoms with Crippen LogP contribution in [0, 0.1) is 17.1 Å². The van der Waals surface area contributed by atoms with E-state index in [0.29, 0.717) is 29.1 Å². The molecular weight excluding hydrogens is 709 g/mol. The summed E-state index contributed by atoms with van der Waals surface area (Å²) in [6.07, 6.45) is 9.87. The minimum atomic E-state index is -0.955. The van der Waals surface area contributed by atoms with Crippen molar-refractivity contribution in [1.29, 1.82) is 5.41 Å². The first-order valence-electron chi connectivity index (χ1n) is 17.7. The number of carbonyl (C=O) groups excluding carboxylic acids is 2. The minimum absolute atomic E-state index is 0.0911. The van der Waals surface area contributed by atoms with E-state index in [9.17, 15) is 23.9 Å². The van der Waals surface area contributed by atoms with Gasteiger partial charge in [-0.2, -0.15) is 0 Å². The summed E-state index contributed by atoms with van der Waals surface area (Å²) in [7, 11) is 3.93. The van der Waals surface area contributed by atoms with Crippen LogP contribution in [0.1, 0.15) is 47.2 Å². The van der Waals surface area contributed by atoms with E-state index in [4.69, 9.17) is 17.0 Å². The highest BCUT2D eigenvalue weighted by Gasteiger charge is 2.32. The number of likely N-dealkylation sites (tertiary alicyclic amines) is 1. The number of rotatable bonds is 13. The van der Waals surface area contributed by atoms with Crippen LogP contribution in [-0.2, 0) is 17.8 Å². The fraction of sp³-hybridized carbons (Fsp3) is 0.317. The first-order valence-corrected chi connectivity index (χ1v) is 18.1. The molecule has 0 radical (unpaired) electrons. The number of aromatic nitrogens is 3. The highest BCUT2D eigenvalue weighted by atomic mass is 35.5. The lowest BCUT2D eigenvalue weighted by Gasteiger charge is -2.36. The van der Waals surface area contributed by atoms with Crippen LogP contribution in [0.2, 0.25) is 5.02 Å². The lowest BCUT2D eigenvalue weighted by Crippen LogP contribution is -2.47. The molecule has 1 aliphatic rings. The standard InChI is InChI=1S/C18H22FN5O2.C13H19NO.C10H6ClNO/c1-23-8-6-18(26,7-9-23)11-24-12-21-16(15(10-20)17(24)25)22-14-4-2-13(19)3-5-14;1-14-9-5-8-13(11-15)10-12-6-3-2-4-7-12;11-9-3-4-12-10-5-7(6-13)1-2-8(9)10/h2-5,10,12,20,22,26H,6-9,11H2,1H3;2-4,6-7,11,13-14H,5,8-10H2,1H3;1-6H. The molecule has 3 aromatic carbocycles. The van der Waals surface area contributed by atoms with E-state index in [-0.39, 0.29) is 29.7 Å². The summed E-state index contributed by atoms with van der Waals surface area (Å²) < 4.78 is 14.4. The van der Waals surface area contributed by atoms with E-state index in [1.54, 1.807) is 30.5 Å². The van der Waals surface area contributed by atoms with Gasteiger partial charge in [0.05, 0.1) is 29.0 Å². The molecule has 2 aromatic heterocycles. The van der Waals surface area contributed by atoms with Crippen molar-refractivity contribution in [2.75, 3.05) is 39.0 Å². The lowest BCUT2D eigenvalue weighted by molar-refractivity contribution is -0.111. The van der Waals surface area contributed by atoms with Gasteiger partial charge in [-0.15, -0.1) is 0 Å². The fourth-order valence-electron chi connectivity index (χ4n) is 5.91. The molecule has 1 unspecified atom stereocenters. The molecule has 0 aliphatic carbocycles. The molecule has 3 heterocycles. The minimum Gasteiger partial charge on any atom is -0.388 e. The maximum atomic E-state index is 13.0. The van der Waals surface area contributed by atoms with Crippen molar-refractivity contribution in [1.82, 2.24) is 24.8 Å². The van der Waals surface area contributed by atoms with E-state index in [0.717, 1.165) is 68.6 Å². The third-order valence-corrected chi connectivity index (χ3v) is 9.42. The van der Waals surface area contributed by atoms with Crippen molar-refractivity contribution in [2.45, 2.75) is 44.2 Å². The zero-order chi connectivity index (χ0) is 38.9. The first kappa shape index (κ1) is 41.6. The predicted molar refractivity (Wildman–Crippen MR) is 213 cm³/mol. The van der Waals surface area contributed by atoms with E-state index in [1.165, 1.54) is 40.7 Å². The van der Waals surface area contributed by atoms with Gasteiger partial charge in [0, 0.05) is 48.1 Å². The number of nitrogens with one attached hydrogen (secondary N) is 3. The maximum Gasteiger partial charge on any atom is 0.264 e. The second-order valence-electron chi connectivity index (χ2n) is 13.3. The van der Waals surface area contributed by atoms with Crippen molar-refractivity contribution < 1.29 is 19.1 Å². The summed E-state index contributed by atoms with van der Waals surface area (Å²) in [6, 6.07) is 22.8. The van der Waals surface area contributed by atoms with Crippen molar-refractivity contribution in [3.8, 4) is 0 Å². The van der Waals surface area contributed by atoms with Gasteiger partial charge in [0.1, 0.15) is 29.8 Å². The molecule has 1 atom stereocenters. The lowest BCUT2D eigenvalue weighted by atomic mass is 9.91. The second-order valence-corrected chi connectivity index (χ2v) is 13.7. The van der Waals surface area contributed by atoms with Crippen molar-refractivity contribution in [3.05, 3.63) is 129 Å². The summed E-state index contributed by atoms with van der Waals surface area (Å²) >= 11 is 5.92. The largest absolute Gasteiger partial charge is 0.388 e. The highest BCUT2D eigenvalue weighted by molar-refractivity contribution is 6.35. The van der Waals surface area contributed by atoms with Gasteiger partial charge < -0.3 is 30.8 Å². The summed E-state index contributed by atoms with van der Waals surface area (Å²) in [5.74, 6) is 0.0292. The monoisotopic (exact) mass is 755 g/mol. The number of aliphatic hydroxyl groups is 1. The molecule has 6 rings (SSSR count). The summed E-state index contributed by atoms with van der Waals surface area (Å²) in [4.78, 5) is 44.5. The Hall–Kier alpha value is -5.14. The van der Waals surface area contributed by atoms with E-state index >= 15 is 0 Å². The molecule has 4 N–H and O–H groups in total. The molecule has 1 fully saturated rings. The van der Waals surface area contributed by atoms with Gasteiger partial charge in [-0.05, 0) is 94.7 Å². The zero-order valence-corrected chi connectivity index (χ0v) is 31.3. The highest BCUT2D eigenvalue weighted by Crippen LogP contribution is 2.24. The Morgan fingerprint density at radius 2 is 1.76 bits per heavy atom. The number of pyridine rings is 1. The van der Waals surface area contributed by atoms with Crippen LogP contribution in [0.15, 0.2) is 96.2 Å². The van der Waals surface area contributed by atoms with Gasteiger partial charge in [-0.25, -0.2) is 9.37 Å². The quantitative estimate of drug-likeness (QED) is 0.0614. The molecule has 0 amide bonds. The number of carbonyl (C=O) groups is 2. The van der Waals surface area contributed by atoms with Crippen LogP contribution in [0.25, 0.3) is 10.9 Å². The summed E-state index contributed by atoms with van der Waals surface area (Å²) in [5, 5.41) is 25.9. The molecule has 0 bridgehead atoms. The Labute approximate surface area is 319 Å². The topological polar surface area (TPSA) is 153 Å². The van der Waals surface area contributed by atoms with Crippen LogP contribution >= 0.6 is 11.6 Å². The predicted octanol–water partition coefficient (Wildman–Crippen LogP) is 6.32. The molecule has 54 heavy (non-hydrogen) atoms. The van der Waals surface area contributed by atoms with Crippen molar-refractivity contribution in [2.24, 2.45) is 5.92 Å². The van der Waals surface area contributed by atoms with Crippen LogP contribution in [-0.4, -0.2) is 82.7 Å². The van der Waals surface area contributed by atoms with E-state index < -0.39 is 11.2 Å². The average molecular weight is 756 g/mol. The Balaban J connectivity index is 0.000000197. The molecule has 11 nitrogen and oxygen atoms in total. The summed E-state index contributed by atoms with van der Waals surface area (Å²) in [6.45, 7) is 2.66. The van der Waals surface area contributed by atoms with Crippen LogP contribution in [0.5, 0.6) is 0 Å². The number of halogens is 2. The van der Waals surface area contributed by atoms with E-state index in [1.807, 2.05) is 32.3 Å². The van der Waals surface area contributed by atoms with Crippen molar-refractivity contribution in [3.63, 3.8) is 0 Å². The Morgan fingerprint density at radius 3 is 2.41 bits per heavy atom. The SMILES string of the molecule is CN1CCC(O)(Cn2cnc(Nc3ccc(F)cc3)c(C=N)c2=O)CC1.CNCCCC(C=O)Cc1ccccc1.O=Cc1ccc2c(Cl)ccnc2c1. The fourth-order valence-corrected chi connectivity index (χ4v) is 6.12. The number of hydrogen-bond acceptors (Lipinski definition) is 10. The molecular formula is C41H47ClFN7O4. The normalized spacial score (nSPS) is 14.1. The molecule has 0 saturated carbocycles. The molecule has 5 aromatic rings. The van der Waals surface area contributed by atoms with Gasteiger partial charge >= 0.3 is 0 Å². The number of nitrogens with zero attached hydrogens (tertiary/aromatic N) is 4. The smallest absolute Gasteiger partial charge is 0.264 e. The molecule has 13 heteroatoms. The summed E-state index contributed by atoms with van der Waals surface area (Å²) in [5.41, 5.74) is 1.91.